The van der Waals surface area contributed by atoms with Gasteiger partial charge in [-0.1, -0.05) is 31.2 Å². The van der Waals surface area contributed by atoms with Gasteiger partial charge in [-0.05, 0) is 30.9 Å². The molecule has 140 valence electrons. The van der Waals surface area contributed by atoms with Gasteiger partial charge < -0.3 is 10.6 Å². The molecule has 1 unspecified atom stereocenters. The molecule has 4 rings (SSSR count). The minimum atomic E-state index is -0.111. The molecular formula is C20H24N6O. The largest absolute Gasteiger partial charge is 0.337 e. The molecule has 0 saturated carbocycles. The number of piperidine rings is 1. The van der Waals surface area contributed by atoms with Gasteiger partial charge in [0.15, 0.2) is 5.69 Å². The van der Waals surface area contributed by atoms with Crippen molar-refractivity contribution in [1.29, 1.82) is 0 Å². The predicted octanol–water partition coefficient (Wildman–Crippen LogP) is 2.32. The van der Waals surface area contributed by atoms with Crippen LogP contribution in [0.3, 0.4) is 0 Å². The summed E-state index contributed by atoms with van der Waals surface area (Å²) in [5, 5.41) is 10.5. The molecule has 3 heterocycles. The molecule has 1 aliphatic heterocycles. The zero-order valence-corrected chi connectivity index (χ0v) is 15.9. The Morgan fingerprint density at radius 3 is 2.89 bits per heavy atom. The second-order valence-electron chi connectivity index (χ2n) is 7.92. The predicted molar refractivity (Wildman–Crippen MR) is 104 cm³/mol. The number of benzene rings is 1. The fourth-order valence-electron chi connectivity index (χ4n) is 3.74. The summed E-state index contributed by atoms with van der Waals surface area (Å²) in [6.45, 7) is 7.36. The number of aromatic nitrogens is 4. The molecule has 2 N–H and O–H groups in total. The van der Waals surface area contributed by atoms with Gasteiger partial charge in [0.25, 0.3) is 5.91 Å². The van der Waals surface area contributed by atoms with Crippen molar-refractivity contribution in [2.45, 2.75) is 33.2 Å². The Hall–Kier alpha value is -2.80. The van der Waals surface area contributed by atoms with E-state index in [9.17, 15) is 4.79 Å². The third-order valence-corrected chi connectivity index (χ3v) is 5.58. The molecule has 0 spiro atoms. The van der Waals surface area contributed by atoms with Gasteiger partial charge in [0.1, 0.15) is 0 Å². The second kappa shape index (κ2) is 6.42. The Morgan fingerprint density at radius 1 is 1.30 bits per heavy atom. The van der Waals surface area contributed by atoms with Crippen LogP contribution < -0.4 is 5.73 Å². The summed E-state index contributed by atoms with van der Waals surface area (Å²) in [7, 11) is 0. The maximum atomic E-state index is 13.1. The van der Waals surface area contributed by atoms with Crippen LogP contribution in [0.25, 0.3) is 16.5 Å². The van der Waals surface area contributed by atoms with E-state index in [1.165, 1.54) is 0 Å². The Morgan fingerprint density at radius 2 is 2.11 bits per heavy atom. The molecule has 1 aliphatic rings. The SMILES string of the molecule is Cc1c(C(=O)N2CCC(N)C(C)(C)C2)nnn1-c1cccc2cnccc12. The first-order valence-electron chi connectivity index (χ1n) is 9.19. The van der Waals surface area contributed by atoms with E-state index >= 15 is 0 Å². The third kappa shape index (κ3) is 2.98. The quantitative estimate of drug-likeness (QED) is 0.754. The van der Waals surface area contributed by atoms with E-state index in [2.05, 4.69) is 29.1 Å². The minimum Gasteiger partial charge on any atom is -0.337 e. The fourth-order valence-corrected chi connectivity index (χ4v) is 3.74. The third-order valence-electron chi connectivity index (χ3n) is 5.58. The van der Waals surface area contributed by atoms with Crippen LogP contribution in [0.2, 0.25) is 0 Å². The zero-order chi connectivity index (χ0) is 19.2. The molecular weight excluding hydrogens is 340 g/mol. The van der Waals surface area contributed by atoms with Crippen molar-refractivity contribution in [3.63, 3.8) is 0 Å². The Labute approximate surface area is 158 Å². The Kier molecular flexibility index (Phi) is 4.19. The maximum Gasteiger partial charge on any atom is 0.276 e. The molecule has 1 amide bonds. The second-order valence-corrected chi connectivity index (χ2v) is 7.92. The normalized spacial score (nSPS) is 19.4. The van der Waals surface area contributed by atoms with Crippen molar-refractivity contribution in [2.24, 2.45) is 11.1 Å². The smallest absolute Gasteiger partial charge is 0.276 e. The van der Waals surface area contributed by atoms with E-state index in [1.807, 2.05) is 42.3 Å². The van der Waals surface area contributed by atoms with E-state index in [0.29, 0.717) is 18.8 Å². The van der Waals surface area contributed by atoms with Gasteiger partial charge in [0.2, 0.25) is 0 Å². The number of pyridine rings is 1. The van der Waals surface area contributed by atoms with Crippen molar-refractivity contribution in [2.75, 3.05) is 13.1 Å². The van der Waals surface area contributed by atoms with Gasteiger partial charge >= 0.3 is 0 Å². The van der Waals surface area contributed by atoms with Crippen LogP contribution in [0, 0.1) is 12.3 Å². The summed E-state index contributed by atoms with van der Waals surface area (Å²) in [4.78, 5) is 19.1. The lowest BCUT2D eigenvalue weighted by molar-refractivity contribution is 0.0526. The number of fused-ring (bicyclic) bond motifs is 1. The summed E-state index contributed by atoms with van der Waals surface area (Å²) in [6.07, 6.45) is 4.36. The molecule has 1 atom stereocenters. The van der Waals surface area contributed by atoms with E-state index < -0.39 is 0 Å². The van der Waals surface area contributed by atoms with Crippen LogP contribution in [0.5, 0.6) is 0 Å². The molecule has 1 fully saturated rings. The fraction of sp³-hybridized carbons (Fsp3) is 0.400. The van der Waals surface area contributed by atoms with Crippen LogP contribution in [0.4, 0.5) is 0 Å². The highest BCUT2D eigenvalue weighted by Gasteiger charge is 2.36. The lowest BCUT2D eigenvalue weighted by Crippen LogP contribution is -2.54. The molecule has 2 aromatic heterocycles. The maximum absolute atomic E-state index is 13.1. The first-order valence-corrected chi connectivity index (χ1v) is 9.19. The highest BCUT2D eigenvalue weighted by molar-refractivity contribution is 5.94. The number of amides is 1. The van der Waals surface area contributed by atoms with Gasteiger partial charge in [0, 0.05) is 42.3 Å². The number of hydrogen-bond donors (Lipinski definition) is 1. The number of carbonyl (C=O) groups excluding carboxylic acids is 1. The first-order chi connectivity index (χ1) is 12.9. The standard InChI is InChI=1S/C20H24N6O/c1-13-18(19(27)25-10-8-17(21)20(2,3)12-25)23-24-26(13)16-6-4-5-14-11-22-9-7-15(14)16/h4-7,9,11,17H,8,10,12,21H2,1-3H3. The van der Waals surface area contributed by atoms with Crippen LogP contribution in [0.1, 0.15) is 36.5 Å². The number of nitrogens with zero attached hydrogens (tertiary/aromatic N) is 5. The van der Waals surface area contributed by atoms with Gasteiger partial charge in [-0.2, -0.15) is 0 Å². The van der Waals surface area contributed by atoms with Crippen molar-refractivity contribution in [3.8, 4) is 5.69 Å². The minimum absolute atomic E-state index is 0.0828. The molecule has 1 aromatic carbocycles. The molecule has 3 aromatic rings. The zero-order valence-electron chi connectivity index (χ0n) is 15.9. The topological polar surface area (TPSA) is 89.9 Å². The van der Waals surface area contributed by atoms with Crippen molar-refractivity contribution >= 4 is 16.7 Å². The van der Waals surface area contributed by atoms with Crippen molar-refractivity contribution in [3.05, 3.63) is 48.0 Å². The summed E-state index contributed by atoms with van der Waals surface area (Å²) in [5.74, 6) is -0.0828. The van der Waals surface area contributed by atoms with Gasteiger partial charge in [-0.25, -0.2) is 4.68 Å². The van der Waals surface area contributed by atoms with Gasteiger partial charge in [0.05, 0.1) is 11.4 Å². The average Bonchev–Trinajstić information content (AvgIpc) is 3.04. The van der Waals surface area contributed by atoms with E-state index in [0.717, 1.165) is 28.6 Å². The number of nitrogens with two attached hydrogens (primary N) is 1. The number of rotatable bonds is 2. The lowest BCUT2D eigenvalue weighted by Gasteiger charge is -2.42. The van der Waals surface area contributed by atoms with Gasteiger partial charge in [-0.3, -0.25) is 9.78 Å². The summed E-state index contributed by atoms with van der Waals surface area (Å²) in [5.41, 5.74) is 8.11. The first kappa shape index (κ1) is 17.6. The Bertz CT molecular complexity index is 1000. The molecule has 1 saturated heterocycles. The Balaban J connectivity index is 1.69. The number of carbonyl (C=O) groups is 1. The summed E-state index contributed by atoms with van der Waals surface area (Å²) >= 11 is 0. The molecule has 0 aliphatic carbocycles. The summed E-state index contributed by atoms with van der Waals surface area (Å²) in [6, 6.07) is 7.98. The summed E-state index contributed by atoms with van der Waals surface area (Å²) < 4.78 is 1.73. The van der Waals surface area contributed by atoms with E-state index in [1.54, 1.807) is 10.9 Å². The number of likely N-dealkylation sites (tertiary alicyclic amines) is 1. The van der Waals surface area contributed by atoms with Crippen LogP contribution in [-0.2, 0) is 0 Å². The van der Waals surface area contributed by atoms with Crippen LogP contribution >= 0.6 is 0 Å². The van der Waals surface area contributed by atoms with Crippen molar-refractivity contribution in [1.82, 2.24) is 24.9 Å². The molecule has 0 bridgehead atoms. The van der Waals surface area contributed by atoms with E-state index in [4.69, 9.17) is 5.73 Å². The molecule has 27 heavy (non-hydrogen) atoms. The highest BCUT2D eigenvalue weighted by Crippen LogP contribution is 2.29. The van der Waals surface area contributed by atoms with Gasteiger partial charge in [-0.15, -0.1) is 5.10 Å². The molecule has 7 heteroatoms. The van der Waals surface area contributed by atoms with E-state index in [-0.39, 0.29) is 17.4 Å². The number of hydrogen-bond acceptors (Lipinski definition) is 5. The highest BCUT2D eigenvalue weighted by atomic mass is 16.2. The monoisotopic (exact) mass is 364 g/mol. The van der Waals surface area contributed by atoms with Crippen LogP contribution in [-0.4, -0.2) is 49.9 Å². The molecule has 7 nitrogen and oxygen atoms in total. The molecule has 0 radical (unpaired) electrons. The lowest BCUT2D eigenvalue weighted by atomic mass is 9.79. The van der Waals surface area contributed by atoms with Crippen LogP contribution in [0.15, 0.2) is 36.7 Å². The average molecular weight is 364 g/mol. The van der Waals surface area contributed by atoms with Crippen molar-refractivity contribution < 1.29 is 4.79 Å².